The molecule has 0 saturated heterocycles. The van der Waals surface area contributed by atoms with Crippen LogP contribution >= 0.6 is 11.6 Å². The first kappa shape index (κ1) is 15.3. The number of hydrogen-bond donors (Lipinski definition) is 1. The van der Waals surface area contributed by atoms with E-state index in [1.54, 1.807) is 27.4 Å². The van der Waals surface area contributed by atoms with Gasteiger partial charge < -0.3 is 19.5 Å². The summed E-state index contributed by atoms with van der Waals surface area (Å²) in [5, 5.41) is 3.90. The van der Waals surface area contributed by atoms with Crippen molar-refractivity contribution in [1.29, 1.82) is 0 Å². The number of ether oxygens (including phenoxy) is 3. The Morgan fingerprint density at radius 3 is 2.38 bits per heavy atom. The Bertz CT molecular complexity index is 616. The van der Waals surface area contributed by atoms with Crippen LogP contribution in [0, 0.1) is 0 Å². The second-order valence-corrected chi connectivity index (χ2v) is 4.76. The van der Waals surface area contributed by atoms with E-state index in [1.807, 2.05) is 30.3 Å². The summed E-state index contributed by atoms with van der Waals surface area (Å²) in [5.74, 6) is 2.08. The fourth-order valence-corrected chi connectivity index (χ4v) is 2.25. The van der Waals surface area contributed by atoms with Gasteiger partial charge in [0.1, 0.15) is 5.75 Å². The predicted molar refractivity (Wildman–Crippen MR) is 84.9 cm³/mol. The lowest BCUT2D eigenvalue weighted by Crippen LogP contribution is -2.03. The van der Waals surface area contributed by atoms with Gasteiger partial charge in [-0.15, -0.1) is 0 Å². The number of benzene rings is 2. The summed E-state index contributed by atoms with van der Waals surface area (Å²) >= 11 is 6.01. The van der Waals surface area contributed by atoms with Gasteiger partial charge in [0.2, 0.25) is 0 Å². The number of para-hydroxylation sites is 1. The molecule has 0 aliphatic rings. The van der Waals surface area contributed by atoms with E-state index in [0.717, 1.165) is 17.0 Å². The molecule has 0 spiro atoms. The van der Waals surface area contributed by atoms with Gasteiger partial charge in [-0.25, -0.2) is 0 Å². The van der Waals surface area contributed by atoms with Gasteiger partial charge in [-0.1, -0.05) is 23.7 Å². The Kier molecular flexibility index (Phi) is 5.17. The molecule has 2 aromatic carbocycles. The van der Waals surface area contributed by atoms with Gasteiger partial charge >= 0.3 is 0 Å². The molecule has 0 fully saturated rings. The van der Waals surface area contributed by atoms with E-state index < -0.39 is 0 Å². The molecule has 2 rings (SSSR count). The zero-order chi connectivity index (χ0) is 15.2. The predicted octanol–water partition coefficient (Wildman–Crippen LogP) is 3.98. The Morgan fingerprint density at radius 2 is 1.71 bits per heavy atom. The molecule has 4 nitrogen and oxygen atoms in total. The molecule has 21 heavy (non-hydrogen) atoms. The molecular formula is C16H18ClNO3. The van der Waals surface area contributed by atoms with Crippen LogP contribution in [-0.4, -0.2) is 21.3 Å². The molecular weight excluding hydrogens is 290 g/mol. The van der Waals surface area contributed by atoms with Crippen molar-refractivity contribution >= 4 is 17.3 Å². The van der Waals surface area contributed by atoms with E-state index in [1.165, 1.54) is 0 Å². The molecule has 5 heteroatoms. The van der Waals surface area contributed by atoms with Crippen LogP contribution in [0.1, 0.15) is 5.56 Å². The van der Waals surface area contributed by atoms with E-state index in [0.29, 0.717) is 23.1 Å². The average Bonchev–Trinajstić information content (AvgIpc) is 2.53. The summed E-state index contributed by atoms with van der Waals surface area (Å²) < 4.78 is 15.9. The monoisotopic (exact) mass is 307 g/mol. The molecule has 0 aliphatic heterocycles. The maximum atomic E-state index is 6.01. The zero-order valence-electron chi connectivity index (χ0n) is 12.3. The molecule has 0 atom stereocenters. The third-order valence-electron chi connectivity index (χ3n) is 3.12. The van der Waals surface area contributed by atoms with Crippen LogP contribution in [0.25, 0.3) is 0 Å². The van der Waals surface area contributed by atoms with Crippen molar-refractivity contribution in [1.82, 2.24) is 0 Å². The van der Waals surface area contributed by atoms with Crippen molar-refractivity contribution in [3.8, 4) is 17.2 Å². The van der Waals surface area contributed by atoms with Crippen molar-refractivity contribution in [3.05, 3.63) is 47.0 Å². The molecule has 2 aromatic rings. The summed E-state index contributed by atoms with van der Waals surface area (Å²) in [6, 6.07) is 11.3. The van der Waals surface area contributed by atoms with Crippen LogP contribution < -0.4 is 19.5 Å². The molecule has 112 valence electrons. The average molecular weight is 308 g/mol. The van der Waals surface area contributed by atoms with Gasteiger partial charge in [0.15, 0.2) is 11.5 Å². The topological polar surface area (TPSA) is 39.7 Å². The summed E-state index contributed by atoms with van der Waals surface area (Å²) in [4.78, 5) is 0. The van der Waals surface area contributed by atoms with Crippen molar-refractivity contribution in [2.75, 3.05) is 26.6 Å². The van der Waals surface area contributed by atoms with E-state index >= 15 is 0 Å². The minimum absolute atomic E-state index is 0.585. The molecule has 0 bridgehead atoms. The number of hydrogen-bond acceptors (Lipinski definition) is 4. The fourth-order valence-electron chi connectivity index (χ4n) is 2.06. The van der Waals surface area contributed by atoms with E-state index in [-0.39, 0.29) is 0 Å². The van der Waals surface area contributed by atoms with Crippen molar-refractivity contribution in [2.24, 2.45) is 0 Å². The normalized spacial score (nSPS) is 10.1. The molecule has 0 saturated carbocycles. The van der Waals surface area contributed by atoms with Gasteiger partial charge in [-0.2, -0.15) is 0 Å². The van der Waals surface area contributed by atoms with Crippen LogP contribution in [0.15, 0.2) is 36.4 Å². The number of rotatable bonds is 6. The molecule has 0 aliphatic carbocycles. The second-order valence-electron chi connectivity index (χ2n) is 4.36. The maximum Gasteiger partial charge on any atom is 0.165 e. The fraction of sp³-hybridized carbons (Fsp3) is 0.250. The number of methoxy groups -OCH3 is 3. The van der Waals surface area contributed by atoms with Crippen molar-refractivity contribution in [2.45, 2.75) is 6.54 Å². The quantitative estimate of drug-likeness (QED) is 0.876. The van der Waals surface area contributed by atoms with Crippen LogP contribution in [0.5, 0.6) is 17.2 Å². The van der Waals surface area contributed by atoms with Gasteiger partial charge in [0.05, 0.1) is 26.4 Å². The Hall–Kier alpha value is -2.07. The summed E-state index contributed by atoms with van der Waals surface area (Å²) in [6.45, 7) is 0.602. The number of halogens is 1. The smallest absolute Gasteiger partial charge is 0.165 e. The SMILES string of the molecule is COc1cc(NCc2cccc(OC)c2OC)ccc1Cl. The van der Waals surface area contributed by atoms with Crippen LogP contribution in [0.2, 0.25) is 5.02 Å². The largest absolute Gasteiger partial charge is 0.495 e. The maximum absolute atomic E-state index is 6.01. The molecule has 0 unspecified atom stereocenters. The van der Waals surface area contributed by atoms with E-state index in [9.17, 15) is 0 Å². The van der Waals surface area contributed by atoms with Crippen LogP contribution in [0.3, 0.4) is 0 Å². The van der Waals surface area contributed by atoms with Gasteiger partial charge in [0, 0.05) is 23.9 Å². The highest BCUT2D eigenvalue weighted by molar-refractivity contribution is 6.32. The van der Waals surface area contributed by atoms with Crippen molar-refractivity contribution < 1.29 is 14.2 Å². The first-order valence-corrected chi connectivity index (χ1v) is 6.84. The molecule has 0 radical (unpaired) electrons. The van der Waals surface area contributed by atoms with Crippen LogP contribution in [-0.2, 0) is 6.54 Å². The third-order valence-corrected chi connectivity index (χ3v) is 3.43. The highest BCUT2D eigenvalue weighted by Gasteiger charge is 2.09. The molecule has 0 heterocycles. The first-order chi connectivity index (χ1) is 10.2. The second kappa shape index (κ2) is 7.09. The summed E-state index contributed by atoms with van der Waals surface area (Å²) in [6.07, 6.45) is 0. The van der Waals surface area contributed by atoms with Crippen molar-refractivity contribution in [3.63, 3.8) is 0 Å². The summed E-state index contributed by atoms with van der Waals surface area (Å²) in [5.41, 5.74) is 1.92. The Balaban J connectivity index is 2.16. The molecule has 1 N–H and O–H groups in total. The highest BCUT2D eigenvalue weighted by Crippen LogP contribution is 2.32. The molecule has 0 amide bonds. The molecule has 0 aromatic heterocycles. The van der Waals surface area contributed by atoms with E-state index in [2.05, 4.69) is 5.32 Å². The lowest BCUT2D eigenvalue weighted by Gasteiger charge is -2.14. The van der Waals surface area contributed by atoms with Gasteiger partial charge in [0.25, 0.3) is 0 Å². The Labute approximate surface area is 129 Å². The lowest BCUT2D eigenvalue weighted by molar-refractivity contribution is 0.352. The summed E-state index contributed by atoms with van der Waals surface area (Å²) in [7, 11) is 4.85. The number of anilines is 1. The first-order valence-electron chi connectivity index (χ1n) is 6.47. The standard InChI is InChI=1S/C16H18ClNO3/c1-19-14-6-4-5-11(16(14)21-3)10-18-12-7-8-13(17)15(9-12)20-2/h4-9,18H,10H2,1-3H3. The van der Waals surface area contributed by atoms with Gasteiger partial charge in [-0.05, 0) is 18.2 Å². The highest BCUT2D eigenvalue weighted by atomic mass is 35.5. The number of nitrogens with one attached hydrogen (secondary N) is 1. The lowest BCUT2D eigenvalue weighted by atomic mass is 10.1. The van der Waals surface area contributed by atoms with Gasteiger partial charge in [-0.3, -0.25) is 0 Å². The zero-order valence-corrected chi connectivity index (χ0v) is 13.0. The van der Waals surface area contributed by atoms with Crippen LogP contribution in [0.4, 0.5) is 5.69 Å². The minimum Gasteiger partial charge on any atom is -0.495 e. The Morgan fingerprint density at radius 1 is 0.952 bits per heavy atom. The van der Waals surface area contributed by atoms with E-state index in [4.69, 9.17) is 25.8 Å². The third kappa shape index (κ3) is 3.52. The minimum atomic E-state index is 0.585.